The Hall–Kier alpha value is -1.82. The predicted octanol–water partition coefficient (Wildman–Crippen LogP) is 1.35. The van der Waals surface area contributed by atoms with Gasteiger partial charge in [-0.1, -0.05) is 0 Å². The van der Waals surface area contributed by atoms with Gasteiger partial charge in [0.25, 0.3) is 0 Å². The Bertz CT molecular complexity index is 553. The summed E-state index contributed by atoms with van der Waals surface area (Å²) in [5.41, 5.74) is 0. The fraction of sp³-hybridized carbons (Fsp3) is 0.647. The van der Waals surface area contributed by atoms with Crippen LogP contribution in [0.25, 0.3) is 0 Å². The lowest BCUT2D eigenvalue weighted by molar-refractivity contribution is -0.145. The zero-order chi connectivity index (χ0) is 17.0. The van der Waals surface area contributed by atoms with Gasteiger partial charge >= 0.3 is 0 Å². The summed E-state index contributed by atoms with van der Waals surface area (Å²) >= 11 is 0. The molecule has 1 atom stereocenters. The fourth-order valence-electron chi connectivity index (χ4n) is 2.76. The van der Waals surface area contributed by atoms with Gasteiger partial charge in [0.15, 0.2) is 0 Å². The van der Waals surface area contributed by atoms with Gasteiger partial charge in [0.1, 0.15) is 11.5 Å². The molecule has 1 unspecified atom stereocenters. The van der Waals surface area contributed by atoms with Crippen LogP contribution >= 0.6 is 0 Å². The van der Waals surface area contributed by atoms with Crippen molar-refractivity contribution in [3.63, 3.8) is 0 Å². The van der Waals surface area contributed by atoms with E-state index in [0.29, 0.717) is 26.1 Å². The number of likely N-dealkylation sites (tertiary alicyclic amines) is 1. The molecular formula is C17H27N3O3. The topological polar surface area (TPSA) is 57.0 Å². The third-order valence-corrected chi connectivity index (χ3v) is 4.28. The Kier molecular flexibility index (Phi) is 5.82. The summed E-state index contributed by atoms with van der Waals surface area (Å²) in [4.78, 5) is 30.3. The molecule has 1 saturated heterocycles. The molecule has 2 heterocycles. The van der Waals surface area contributed by atoms with Gasteiger partial charge in [-0.25, -0.2) is 0 Å². The maximum absolute atomic E-state index is 12.9. The smallest absolute Gasteiger partial charge is 0.226 e. The zero-order valence-corrected chi connectivity index (χ0v) is 14.5. The van der Waals surface area contributed by atoms with Crippen molar-refractivity contribution in [1.82, 2.24) is 14.7 Å². The third kappa shape index (κ3) is 4.82. The van der Waals surface area contributed by atoms with Crippen molar-refractivity contribution in [1.29, 1.82) is 0 Å². The summed E-state index contributed by atoms with van der Waals surface area (Å²) in [6.07, 6.45) is 1.04. The Labute approximate surface area is 138 Å². The maximum Gasteiger partial charge on any atom is 0.226 e. The Morgan fingerprint density at radius 2 is 2.09 bits per heavy atom. The zero-order valence-electron chi connectivity index (χ0n) is 14.5. The van der Waals surface area contributed by atoms with E-state index in [-0.39, 0.29) is 17.7 Å². The minimum Gasteiger partial charge on any atom is -0.464 e. The van der Waals surface area contributed by atoms with Crippen molar-refractivity contribution in [3.8, 4) is 0 Å². The minimum atomic E-state index is -0.211. The van der Waals surface area contributed by atoms with Crippen molar-refractivity contribution >= 4 is 11.8 Å². The summed E-state index contributed by atoms with van der Waals surface area (Å²) in [7, 11) is 5.76. The van der Waals surface area contributed by atoms with Crippen LogP contribution in [0.5, 0.6) is 0 Å². The number of aryl methyl sites for hydroxylation is 1. The average molecular weight is 321 g/mol. The standard InChI is InChI=1S/C17H27N3O3/c1-13-5-6-15(23-13)12-20(10-9-18(2)3)17(22)14-7-8-19(4)16(21)11-14/h5-6,14H,7-12H2,1-4H3. The SMILES string of the molecule is Cc1ccc(CN(CCN(C)C)C(=O)C2CCN(C)C(=O)C2)o1. The van der Waals surface area contributed by atoms with Gasteiger partial charge in [0.2, 0.25) is 11.8 Å². The van der Waals surface area contributed by atoms with Crippen LogP contribution in [0.3, 0.4) is 0 Å². The van der Waals surface area contributed by atoms with Crippen molar-refractivity contribution in [2.45, 2.75) is 26.3 Å². The van der Waals surface area contributed by atoms with E-state index in [2.05, 4.69) is 0 Å². The van der Waals surface area contributed by atoms with Crippen LogP contribution in [0.15, 0.2) is 16.5 Å². The number of amides is 2. The van der Waals surface area contributed by atoms with Gasteiger partial charge in [0, 0.05) is 39.0 Å². The van der Waals surface area contributed by atoms with E-state index in [1.807, 2.05) is 43.0 Å². The van der Waals surface area contributed by atoms with Crippen molar-refractivity contribution < 1.29 is 14.0 Å². The lowest BCUT2D eigenvalue weighted by atomic mass is 9.95. The van der Waals surface area contributed by atoms with Crippen LogP contribution in [0, 0.1) is 12.8 Å². The average Bonchev–Trinajstić information content (AvgIpc) is 2.90. The van der Waals surface area contributed by atoms with E-state index in [1.165, 1.54) is 0 Å². The van der Waals surface area contributed by atoms with E-state index in [9.17, 15) is 9.59 Å². The summed E-state index contributed by atoms with van der Waals surface area (Å²) in [5, 5.41) is 0. The van der Waals surface area contributed by atoms with E-state index < -0.39 is 0 Å². The predicted molar refractivity (Wildman–Crippen MR) is 87.8 cm³/mol. The molecular weight excluding hydrogens is 294 g/mol. The van der Waals surface area contributed by atoms with Crippen LogP contribution in [0.2, 0.25) is 0 Å². The molecule has 23 heavy (non-hydrogen) atoms. The first-order valence-corrected chi connectivity index (χ1v) is 8.09. The molecule has 6 heteroatoms. The highest BCUT2D eigenvalue weighted by Gasteiger charge is 2.31. The molecule has 1 aromatic heterocycles. The molecule has 2 rings (SSSR count). The molecule has 1 aromatic rings. The summed E-state index contributed by atoms with van der Waals surface area (Å²) in [6.45, 7) is 4.42. The first-order valence-electron chi connectivity index (χ1n) is 8.09. The first kappa shape index (κ1) is 17.5. The summed E-state index contributed by atoms with van der Waals surface area (Å²) < 4.78 is 5.61. The van der Waals surface area contributed by atoms with Gasteiger partial charge in [-0.3, -0.25) is 9.59 Å². The number of nitrogens with zero attached hydrogens (tertiary/aromatic N) is 3. The highest BCUT2D eigenvalue weighted by molar-refractivity contribution is 5.86. The van der Waals surface area contributed by atoms with Gasteiger partial charge in [0.05, 0.1) is 6.54 Å². The van der Waals surface area contributed by atoms with Gasteiger partial charge in [-0.15, -0.1) is 0 Å². The molecule has 128 valence electrons. The molecule has 0 radical (unpaired) electrons. The summed E-state index contributed by atoms with van der Waals surface area (Å²) in [5.74, 6) is 1.53. The number of hydrogen-bond donors (Lipinski definition) is 0. The molecule has 0 spiro atoms. The van der Waals surface area contributed by atoms with Crippen molar-refractivity contribution in [3.05, 3.63) is 23.7 Å². The van der Waals surface area contributed by atoms with Crippen molar-refractivity contribution in [2.24, 2.45) is 5.92 Å². The van der Waals surface area contributed by atoms with Crippen molar-refractivity contribution in [2.75, 3.05) is 40.8 Å². The number of hydrogen-bond acceptors (Lipinski definition) is 4. The Morgan fingerprint density at radius 3 is 2.65 bits per heavy atom. The molecule has 1 aliphatic rings. The largest absolute Gasteiger partial charge is 0.464 e. The number of carbonyl (C=O) groups excluding carboxylic acids is 2. The van der Waals surface area contributed by atoms with Crippen LogP contribution in [-0.2, 0) is 16.1 Å². The van der Waals surface area contributed by atoms with Crippen LogP contribution in [0.4, 0.5) is 0 Å². The number of carbonyl (C=O) groups is 2. The molecule has 0 N–H and O–H groups in total. The first-order chi connectivity index (χ1) is 10.9. The van der Waals surface area contributed by atoms with Crippen LogP contribution in [-0.4, -0.2) is 67.3 Å². The molecule has 1 aliphatic heterocycles. The second-order valence-corrected chi connectivity index (χ2v) is 6.58. The highest BCUT2D eigenvalue weighted by atomic mass is 16.3. The second kappa shape index (κ2) is 7.64. The normalized spacial score (nSPS) is 18.6. The molecule has 0 aromatic carbocycles. The Balaban J connectivity index is 2.05. The second-order valence-electron chi connectivity index (χ2n) is 6.58. The molecule has 6 nitrogen and oxygen atoms in total. The molecule has 0 aliphatic carbocycles. The number of rotatable bonds is 6. The number of likely N-dealkylation sites (N-methyl/N-ethyl adjacent to an activating group) is 1. The molecule has 0 bridgehead atoms. The third-order valence-electron chi connectivity index (χ3n) is 4.28. The Morgan fingerprint density at radius 1 is 1.35 bits per heavy atom. The van der Waals surface area contributed by atoms with Gasteiger partial charge in [-0.2, -0.15) is 0 Å². The van der Waals surface area contributed by atoms with Crippen LogP contribution in [0.1, 0.15) is 24.4 Å². The quantitative estimate of drug-likeness (QED) is 0.793. The molecule has 1 fully saturated rings. The van der Waals surface area contributed by atoms with Gasteiger partial charge in [-0.05, 0) is 39.6 Å². The summed E-state index contributed by atoms with van der Waals surface area (Å²) in [6, 6.07) is 3.81. The van der Waals surface area contributed by atoms with Gasteiger partial charge < -0.3 is 19.1 Å². The molecule has 2 amide bonds. The highest BCUT2D eigenvalue weighted by Crippen LogP contribution is 2.21. The number of piperidine rings is 1. The number of furan rings is 1. The monoisotopic (exact) mass is 321 g/mol. The fourth-order valence-corrected chi connectivity index (χ4v) is 2.76. The minimum absolute atomic E-state index is 0.0519. The molecule has 0 saturated carbocycles. The van der Waals surface area contributed by atoms with Crippen LogP contribution < -0.4 is 0 Å². The van der Waals surface area contributed by atoms with E-state index in [0.717, 1.165) is 24.5 Å². The maximum atomic E-state index is 12.9. The van der Waals surface area contributed by atoms with E-state index in [1.54, 1.807) is 11.9 Å². The van der Waals surface area contributed by atoms with E-state index in [4.69, 9.17) is 4.42 Å². The lowest BCUT2D eigenvalue weighted by Gasteiger charge is -2.32. The lowest BCUT2D eigenvalue weighted by Crippen LogP contribution is -2.45. The van der Waals surface area contributed by atoms with E-state index >= 15 is 0 Å².